The molecule has 1 heterocycles. The molecule has 1 aromatic heterocycles. The zero-order valence-electron chi connectivity index (χ0n) is 11.0. The van der Waals surface area contributed by atoms with Crippen molar-refractivity contribution in [3.05, 3.63) is 36.0 Å². The molecule has 19 heavy (non-hydrogen) atoms. The number of hydrogen-bond donors (Lipinski definition) is 2. The Morgan fingerprint density at radius 2 is 2.00 bits per heavy atom. The maximum Gasteiger partial charge on any atom is 0.0655 e. The maximum absolute atomic E-state index is 8.90. The van der Waals surface area contributed by atoms with Crippen LogP contribution in [0.15, 0.2) is 30.5 Å². The molecule has 0 amide bonds. The van der Waals surface area contributed by atoms with E-state index in [1.165, 1.54) is 16.5 Å². The second kappa shape index (κ2) is 5.46. The number of para-hydroxylation sites is 1. The molecule has 0 unspecified atom stereocenters. The average molecular weight is 253 g/mol. The molecule has 1 saturated carbocycles. The Bertz CT molecular complexity index is 585. The number of nitrogens with one attached hydrogen (secondary N) is 2. The van der Waals surface area contributed by atoms with Crippen LogP contribution < -0.4 is 5.32 Å². The molecule has 3 nitrogen and oxygen atoms in total. The van der Waals surface area contributed by atoms with E-state index < -0.39 is 0 Å². The minimum atomic E-state index is 0.283. The quantitative estimate of drug-likeness (QED) is 0.881. The van der Waals surface area contributed by atoms with Crippen LogP contribution in [-0.4, -0.2) is 11.0 Å². The van der Waals surface area contributed by atoms with Crippen molar-refractivity contribution in [1.82, 2.24) is 10.3 Å². The molecule has 2 aromatic rings. The monoisotopic (exact) mass is 253 g/mol. The van der Waals surface area contributed by atoms with Crippen molar-refractivity contribution in [3.63, 3.8) is 0 Å². The topological polar surface area (TPSA) is 51.6 Å². The SMILES string of the molecule is N#CC1CCC(NCc2c[nH]c3ccccc23)CC1. The van der Waals surface area contributed by atoms with Gasteiger partial charge in [0, 0.05) is 35.6 Å². The smallest absolute Gasteiger partial charge is 0.0655 e. The first-order valence-electron chi connectivity index (χ1n) is 7.05. The lowest BCUT2D eigenvalue weighted by atomic mass is 9.87. The molecule has 0 saturated heterocycles. The van der Waals surface area contributed by atoms with Crippen LogP contribution in [0, 0.1) is 17.2 Å². The molecular formula is C16H19N3. The number of aromatic amines is 1. The number of fused-ring (bicyclic) bond motifs is 1. The van der Waals surface area contributed by atoms with Crippen LogP contribution in [0.2, 0.25) is 0 Å². The Morgan fingerprint density at radius 3 is 2.79 bits per heavy atom. The van der Waals surface area contributed by atoms with Gasteiger partial charge in [0.05, 0.1) is 6.07 Å². The molecule has 0 atom stereocenters. The first-order valence-corrected chi connectivity index (χ1v) is 7.05. The van der Waals surface area contributed by atoms with E-state index in [0.717, 1.165) is 32.2 Å². The minimum absolute atomic E-state index is 0.283. The molecule has 98 valence electrons. The summed E-state index contributed by atoms with van der Waals surface area (Å²) in [5.41, 5.74) is 2.53. The summed E-state index contributed by atoms with van der Waals surface area (Å²) in [5, 5.41) is 13.8. The first-order chi connectivity index (χ1) is 9.36. The summed E-state index contributed by atoms with van der Waals surface area (Å²) in [4.78, 5) is 3.31. The molecule has 2 N–H and O–H groups in total. The third-order valence-corrected chi connectivity index (χ3v) is 4.17. The highest BCUT2D eigenvalue weighted by atomic mass is 14.9. The second-order valence-corrected chi connectivity index (χ2v) is 5.42. The number of H-pyrrole nitrogens is 1. The maximum atomic E-state index is 8.90. The fraction of sp³-hybridized carbons (Fsp3) is 0.438. The molecule has 0 radical (unpaired) electrons. The molecule has 0 spiro atoms. The van der Waals surface area contributed by atoms with Crippen molar-refractivity contribution in [2.45, 2.75) is 38.3 Å². The third-order valence-electron chi connectivity index (χ3n) is 4.17. The van der Waals surface area contributed by atoms with Gasteiger partial charge < -0.3 is 10.3 Å². The van der Waals surface area contributed by atoms with E-state index in [-0.39, 0.29) is 5.92 Å². The molecule has 0 bridgehead atoms. The summed E-state index contributed by atoms with van der Waals surface area (Å²) in [6, 6.07) is 11.4. The fourth-order valence-corrected chi connectivity index (χ4v) is 2.96. The van der Waals surface area contributed by atoms with E-state index in [1.54, 1.807) is 0 Å². The van der Waals surface area contributed by atoms with Crippen LogP contribution >= 0.6 is 0 Å². The van der Waals surface area contributed by atoms with Crippen LogP contribution in [0.25, 0.3) is 10.9 Å². The number of nitriles is 1. The molecule has 1 fully saturated rings. The lowest BCUT2D eigenvalue weighted by molar-refractivity contribution is 0.331. The summed E-state index contributed by atoms with van der Waals surface area (Å²) in [6.45, 7) is 0.909. The number of benzene rings is 1. The highest BCUT2D eigenvalue weighted by Crippen LogP contribution is 2.24. The summed E-state index contributed by atoms with van der Waals surface area (Å²) < 4.78 is 0. The van der Waals surface area contributed by atoms with Gasteiger partial charge in [0.2, 0.25) is 0 Å². The van der Waals surface area contributed by atoms with Crippen molar-refractivity contribution >= 4 is 10.9 Å². The zero-order chi connectivity index (χ0) is 13.1. The number of aromatic nitrogens is 1. The molecular weight excluding hydrogens is 234 g/mol. The lowest BCUT2D eigenvalue weighted by Gasteiger charge is -2.25. The normalized spacial score (nSPS) is 23.3. The second-order valence-electron chi connectivity index (χ2n) is 5.42. The van der Waals surface area contributed by atoms with E-state index in [2.05, 4.69) is 46.8 Å². The van der Waals surface area contributed by atoms with Crippen LogP contribution in [-0.2, 0) is 6.54 Å². The van der Waals surface area contributed by atoms with Crippen molar-refractivity contribution in [3.8, 4) is 6.07 Å². The van der Waals surface area contributed by atoms with Gasteiger partial charge >= 0.3 is 0 Å². The predicted molar refractivity (Wildman–Crippen MR) is 76.5 cm³/mol. The predicted octanol–water partition coefficient (Wildman–Crippen LogP) is 3.34. The highest BCUT2D eigenvalue weighted by molar-refractivity contribution is 5.82. The Hall–Kier alpha value is -1.79. The minimum Gasteiger partial charge on any atom is -0.361 e. The van der Waals surface area contributed by atoms with Crippen molar-refractivity contribution in [1.29, 1.82) is 5.26 Å². The summed E-state index contributed by atoms with van der Waals surface area (Å²) in [7, 11) is 0. The fourth-order valence-electron chi connectivity index (χ4n) is 2.96. The van der Waals surface area contributed by atoms with Gasteiger partial charge in [-0.05, 0) is 37.3 Å². The average Bonchev–Trinajstić information content (AvgIpc) is 2.89. The van der Waals surface area contributed by atoms with E-state index in [4.69, 9.17) is 5.26 Å². The third kappa shape index (κ3) is 2.64. The Labute approximate surface area is 113 Å². The first kappa shape index (κ1) is 12.3. The standard InChI is InChI=1S/C16H19N3/c17-9-12-5-7-14(8-6-12)18-10-13-11-19-16-4-2-1-3-15(13)16/h1-4,11-12,14,18-19H,5-8,10H2. The van der Waals surface area contributed by atoms with Crippen LogP contribution in [0.1, 0.15) is 31.2 Å². The van der Waals surface area contributed by atoms with Gasteiger partial charge in [0.25, 0.3) is 0 Å². The molecule has 1 aliphatic rings. The van der Waals surface area contributed by atoms with Gasteiger partial charge in [-0.2, -0.15) is 5.26 Å². The Morgan fingerprint density at radius 1 is 1.21 bits per heavy atom. The largest absolute Gasteiger partial charge is 0.361 e. The van der Waals surface area contributed by atoms with Crippen LogP contribution in [0.4, 0.5) is 0 Å². The molecule has 3 rings (SSSR count). The molecule has 1 aliphatic carbocycles. The van der Waals surface area contributed by atoms with Gasteiger partial charge in [0.1, 0.15) is 0 Å². The van der Waals surface area contributed by atoms with Crippen molar-refractivity contribution in [2.24, 2.45) is 5.92 Å². The highest BCUT2D eigenvalue weighted by Gasteiger charge is 2.20. The summed E-state index contributed by atoms with van der Waals surface area (Å²) in [6.07, 6.45) is 6.43. The van der Waals surface area contributed by atoms with E-state index >= 15 is 0 Å². The van der Waals surface area contributed by atoms with Gasteiger partial charge in [-0.1, -0.05) is 18.2 Å². The summed E-state index contributed by atoms with van der Waals surface area (Å²) in [5.74, 6) is 0.283. The zero-order valence-corrected chi connectivity index (χ0v) is 11.0. The van der Waals surface area contributed by atoms with E-state index in [0.29, 0.717) is 6.04 Å². The lowest BCUT2D eigenvalue weighted by Crippen LogP contribution is -2.32. The van der Waals surface area contributed by atoms with Crippen LogP contribution in [0.3, 0.4) is 0 Å². The van der Waals surface area contributed by atoms with Gasteiger partial charge in [-0.25, -0.2) is 0 Å². The number of hydrogen-bond acceptors (Lipinski definition) is 2. The van der Waals surface area contributed by atoms with Crippen molar-refractivity contribution < 1.29 is 0 Å². The molecule has 3 heteroatoms. The van der Waals surface area contributed by atoms with Gasteiger partial charge in [-0.3, -0.25) is 0 Å². The van der Waals surface area contributed by atoms with E-state index in [1.807, 2.05) is 0 Å². The molecule has 0 aliphatic heterocycles. The molecule has 1 aromatic carbocycles. The van der Waals surface area contributed by atoms with Crippen LogP contribution in [0.5, 0.6) is 0 Å². The Balaban J connectivity index is 1.60. The van der Waals surface area contributed by atoms with Gasteiger partial charge in [0.15, 0.2) is 0 Å². The van der Waals surface area contributed by atoms with E-state index in [9.17, 15) is 0 Å². The number of rotatable bonds is 3. The van der Waals surface area contributed by atoms with Crippen molar-refractivity contribution in [2.75, 3.05) is 0 Å². The van der Waals surface area contributed by atoms with Gasteiger partial charge in [-0.15, -0.1) is 0 Å². The number of nitrogens with zero attached hydrogens (tertiary/aromatic N) is 1. The summed E-state index contributed by atoms with van der Waals surface area (Å²) >= 11 is 0. The Kier molecular flexibility index (Phi) is 3.52.